The molecule has 0 atom stereocenters. The molecule has 0 spiro atoms. The van der Waals surface area contributed by atoms with E-state index in [-0.39, 0.29) is 11.0 Å². The fourth-order valence-corrected chi connectivity index (χ4v) is 5.17. The van der Waals surface area contributed by atoms with Crippen molar-refractivity contribution in [1.29, 1.82) is 0 Å². The average Bonchev–Trinajstić information content (AvgIpc) is 2.01. The predicted octanol–water partition coefficient (Wildman–Crippen LogP) is 0.623. The number of allylic oxidation sites excluding steroid dienone is 1. The summed E-state index contributed by atoms with van der Waals surface area (Å²) in [6.45, 7) is 9.92. The van der Waals surface area contributed by atoms with Crippen molar-refractivity contribution in [2.24, 2.45) is 5.92 Å². The van der Waals surface area contributed by atoms with E-state index in [9.17, 15) is 9.90 Å². The summed E-state index contributed by atoms with van der Waals surface area (Å²) in [7, 11) is -0.0925. The van der Waals surface area contributed by atoms with Crippen LogP contribution in [-0.4, -0.2) is 31.3 Å². The van der Waals surface area contributed by atoms with Gasteiger partial charge in [0.1, 0.15) is 10.5 Å². The zero-order valence-electron chi connectivity index (χ0n) is 10.5. The van der Waals surface area contributed by atoms with Gasteiger partial charge in [-0.15, -0.1) is 0 Å². The van der Waals surface area contributed by atoms with Crippen LogP contribution in [0.2, 0.25) is 5.04 Å². The van der Waals surface area contributed by atoms with E-state index in [1.54, 1.807) is 0 Å². The van der Waals surface area contributed by atoms with Gasteiger partial charge in [0.15, 0.2) is 9.76 Å². The Hall–Kier alpha value is -0.396. The highest BCUT2D eigenvalue weighted by atomic mass is 28.3. The quantitative estimate of drug-likeness (QED) is 0.571. The standard InChI is InChI=1S/C10H22O3Si2/c1-6(2)7(3)8(9(11)12)10(4,5)15-13-14/h6H,15H2,1-5,14H3,(H,11,12). The van der Waals surface area contributed by atoms with Gasteiger partial charge >= 0.3 is 5.97 Å². The number of hydrogen-bond donors (Lipinski definition) is 1. The highest BCUT2D eigenvalue weighted by molar-refractivity contribution is 6.40. The lowest BCUT2D eigenvalue weighted by Crippen LogP contribution is -2.25. The van der Waals surface area contributed by atoms with Crippen LogP contribution in [0.3, 0.4) is 0 Å². The van der Waals surface area contributed by atoms with Gasteiger partial charge in [0.2, 0.25) is 0 Å². The van der Waals surface area contributed by atoms with E-state index < -0.39 is 15.7 Å². The first kappa shape index (κ1) is 14.6. The van der Waals surface area contributed by atoms with Crippen LogP contribution >= 0.6 is 0 Å². The first-order chi connectivity index (χ1) is 6.74. The third kappa shape index (κ3) is 3.92. The lowest BCUT2D eigenvalue weighted by Gasteiger charge is -2.27. The lowest BCUT2D eigenvalue weighted by molar-refractivity contribution is -0.133. The number of carboxylic acids is 1. The minimum absolute atomic E-state index is 0.276. The molecule has 0 aliphatic carbocycles. The SMILES string of the molecule is CC(=C(C(=O)O)C(C)(C)[SiH2]O[SiH3])C(C)C. The van der Waals surface area contributed by atoms with Crippen LogP contribution in [0.5, 0.6) is 0 Å². The molecule has 0 aromatic rings. The summed E-state index contributed by atoms with van der Waals surface area (Å²) >= 11 is 0. The molecule has 0 saturated carbocycles. The zero-order chi connectivity index (χ0) is 12.2. The fraction of sp³-hybridized carbons (Fsp3) is 0.700. The van der Waals surface area contributed by atoms with Crippen LogP contribution in [-0.2, 0) is 8.91 Å². The molecule has 0 amide bonds. The Bertz CT molecular complexity index is 270. The molecule has 15 heavy (non-hydrogen) atoms. The van der Waals surface area contributed by atoms with Gasteiger partial charge in [0, 0.05) is 10.6 Å². The van der Waals surface area contributed by atoms with Crippen molar-refractivity contribution < 1.29 is 14.0 Å². The summed E-state index contributed by atoms with van der Waals surface area (Å²) in [6, 6.07) is 0. The van der Waals surface area contributed by atoms with Crippen LogP contribution in [0.4, 0.5) is 0 Å². The Balaban J connectivity index is 5.32. The number of rotatable bonds is 5. The number of carbonyl (C=O) groups is 1. The zero-order valence-corrected chi connectivity index (χ0v) is 14.0. The van der Waals surface area contributed by atoms with Gasteiger partial charge in [-0.05, 0) is 12.8 Å². The van der Waals surface area contributed by atoms with Crippen molar-refractivity contribution in [1.82, 2.24) is 0 Å². The molecule has 3 nitrogen and oxygen atoms in total. The maximum absolute atomic E-state index is 11.3. The van der Waals surface area contributed by atoms with Crippen LogP contribution in [0.1, 0.15) is 34.6 Å². The lowest BCUT2D eigenvalue weighted by atomic mass is 9.91. The molecule has 1 N–H and O–H groups in total. The summed E-state index contributed by atoms with van der Waals surface area (Å²) in [5.74, 6) is -0.518. The molecule has 0 aromatic heterocycles. The highest BCUT2D eigenvalue weighted by Gasteiger charge is 2.31. The van der Waals surface area contributed by atoms with E-state index in [1.807, 2.05) is 34.6 Å². The smallest absolute Gasteiger partial charge is 0.331 e. The van der Waals surface area contributed by atoms with Gasteiger partial charge in [0.25, 0.3) is 0 Å². The Labute approximate surface area is 97.4 Å². The Morgan fingerprint density at radius 1 is 1.47 bits per heavy atom. The number of carboxylic acid groups (broad SMARTS) is 1. The van der Waals surface area contributed by atoms with Crippen molar-refractivity contribution in [2.75, 3.05) is 0 Å². The molecule has 0 aliphatic heterocycles. The molecular weight excluding hydrogens is 224 g/mol. The van der Waals surface area contributed by atoms with Gasteiger partial charge in [-0.25, -0.2) is 4.79 Å². The van der Waals surface area contributed by atoms with E-state index in [0.717, 1.165) is 5.57 Å². The summed E-state index contributed by atoms with van der Waals surface area (Å²) < 4.78 is 5.35. The molecule has 0 aromatic carbocycles. The van der Waals surface area contributed by atoms with Gasteiger partial charge in [0.05, 0.1) is 0 Å². The van der Waals surface area contributed by atoms with E-state index >= 15 is 0 Å². The van der Waals surface area contributed by atoms with Gasteiger partial charge < -0.3 is 9.22 Å². The topological polar surface area (TPSA) is 46.5 Å². The third-order valence-electron chi connectivity index (χ3n) is 2.66. The fourth-order valence-electron chi connectivity index (χ4n) is 1.71. The van der Waals surface area contributed by atoms with E-state index in [4.69, 9.17) is 4.12 Å². The first-order valence-electron chi connectivity index (χ1n) is 5.17. The highest BCUT2D eigenvalue weighted by Crippen LogP contribution is 2.37. The molecule has 0 saturated heterocycles. The maximum atomic E-state index is 11.3. The van der Waals surface area contributed by atoms with E-state index in [0.29, 0.717) is 16.1 Å². The summed E-state index contributed by atoms with van der Waals surface area (Å²) in [5, 5.41) is 9.00. The monoisotopic (exact) mass is 246 g/mol. The van der Waals surface area contributed by atoms with Crippen molar-refractivity contribution in [3.63, 3.8) is 0 Å². The second-order valence-corrected chi connectivity index (χ2v) is 9.20. The molecule has 0 fully saturated rings. The molecule has 0 rings (SSSR count). The number of hydrogen-bond acceptors (Lipinski definition) is 2. The minimum Gasteiger partial charge on any atom is -0.478 e. The Morgan fingerprint density at radius 2 is 1.93 bits per heavy atom. The largest absolute Gasteiger partial charge is 0.478 e. The predicted molar refractivity (Wildman–Crippen MR) is 68.8 cm³/mol. The van der Waals surface area contributed by atoms with Gasteiger partial charge in [-0.1, -0.05) is 33.3 Å². The van der Waals surface area contributed by atoms with E-state index in [2.05, 4.69) is 0 Å². The molecule has 0 bridgehead atoms. The van der Waals surface area contributed by atoms with E-state index in [1.165, 1.54) is 0 Å². The molecule has 0 heterocycles. The molecule has 0 unspecified atom stereocenters. The van der Waals surface area contributed by atoms with Crippen LogP contribution in [0.15, 0.2) is 11.1 Å². The summed E-state index contributed by atoms with van der Waals surface area (Å²) in [4.78, 5) is 11.3. The molecule has 5 heteroatoms. The summed E-state index contributed by atoms with van der Waals surface area (Å²) in [6.07, 6.45) is 0. The van der Waals surface area contributed by atoms with Crippen LogP contribution in [0, 0.1) is 5.92 Å². The molecule has 0 radical (unpaired) electrons. The molecular formula is C10H22O3Si2. The maximum Gasteiger partial charge on any atom is 0.331 e. The second kappa shape index (κ2) is 5.62. The Morgan fingerprint density at radius 3 is 2.20 bits per heavy atom. The molecule has 0 aliphatic rings. The van der Waals surface area contributed by atoms with Crippen molar-refractivity contribution >= 4 is 26.2 Å². The van der Waals surface area contributed by atoms with Gasteiger partial charge in [-0.3, -0.25) is 0 Å². The summed E-state index contributed by atoms with van der Waals surface area (Å²) in [5.41, 5.74) is 1.53. The van der Waals surface area contributed by atoms with Crippen molar-refractivity contribution in [3.8, 4) is 0 Å². The third-order valence-corrected chi connectivity index (χ3v) is 4.89. The minimum atomic E-state index is -0.794. The molecule has 88 valence electrons. The average molecular weight is 246 g/mol. The Kier molecular flexibility index (Phi) is 5.47. The van der Waals surface area contributed by atoms with Crippen LogP contribution in [0.25, 0.3) is 0 Å². The number of aliphatic carboxylic acids is 1. The van der Waals surface area contributed by atoms with Crippen LogP contribution < -0.4 is 0 Å². The normalized spacial score (nSPS) is 15.1. The van der Waals surface area contributed by atoms with Crippen molar-refractivity contribution in [3.05, 3.63) is 11.1 Å². The van der Waals surface area contributed by atoms with Gasteiger partial charge in [-0.2, -0.15) is 0 Å². The second-order valence-electron chi connectivity index (χ2n) is 4.83. The first-order valence-corrected chi connectivity index (χ1v) is 7.27. The van der Waals surface area contributed by atoms with Crippen molar-refractivity contribution in [2.45, 2.75) is 39.7 Å².